The van der Waals surface area contributed by atoms with Crippen molar-refractivity contribution in [2.24, 2.45) is 0 Å². The predicted octanol–water partition coefficient (Wildman–Crippen LogP) is 3.43. The van der Waals surface area contributed by atoms with Gasteiger partial charge in [-0.3, -0.25) is 10.1 Å². The third-order valence-electron chi connectivity index (χ3n) is 4.57. The molecule has 0 spiro atoms. The normalized spacial score (nSPS) is 14.3. The summed E-state index contributed by atoms with van der Waals surface area (Å²) in [6.07, 6.45) is 1.77. The van der Waals surface area contributed by atoms with Gasteiger partial charge in [-0.05, 0) is 80.0 Å². The van der Waals surface area contributed by atoms with Gasteiger partial charge in [0.05, 0.1) is 4.90 Å². The number of hydrogen-bond donors (Lipinski definition) is 2. The number of carbonyl (C=O) groups excluding carboxylic acids is 1. The van der Waals surface area contributed by atoms with Gasteiger partial charge in [0.2, 0.25) is 10.0 Å². The maximum atomic E-state index is 12.5. The monoisotopic (exact) mass is 511 g/mol. The molecule has 1 amide bonds. The highest BCUT2D eigenvalue weighted by molar-refractivity contribution is 9.10. The summed E-state index contributed by atoms with van der Waals surface area (Å²) in [5, 5.41) is 5.50. The van der Waals surface area contributed by atoms with Crippen molar-refractivity contribution in [3.8, 4) is 5.75 Å². The Balaban J connectivity index is 1.50. The maximum Gasteiger partial charge on any atom is 0.264 e. The van der Waals surface area contributed by atoms with Gasteiger partial charge in [-0.1, -0.05) is 15.9 Å². The average molecular weight is 512 g/mol. The van der Waals surface area contributed by atoms with Crippen molar-refractivity contribution >= 4 is 54.9 Å². The molecule has 160 valence electrons. The van der Waals surface area contributed by atoms with Crippen molar-refractivity contribution in [2.75, 3.05) is 25.0 Å². The lowest BCUT2D eigenvalue weighted by atomic mass is 10.2. The topological polar surface area (TPSA) is 87.7 Å². The summed E-state index contributed by atoms with van der Waals surface area (Å²) < 4.78 is 33.0. The van der Waals surface area contributed by atoms with Crippen LogP contribution in [0.1, 0.15) is 18.4 Å². The summed E-state index contributed by atoms with van der Waals surface area (Å²) in [5.74, 6) is 0.181. The van der Waals surface area contributed by atoms with Gasteiger partial charge in [-0.2, -0.15) is 4.31 Å². The van der Waals surface area contributed by atoms with E-state index in [0.717, 1.165) is 22.9 Å². The van der Waals surface area contributed by atoms with Crippen LogP contribution in [-0.4, -0.2) is 43.4 Å². The summed E-state index contributed by atoms with van der Waals surface area (Å²) in [4.78, 5) is 12.3. The zero-order valence-corrected chi connectivity index (χ0v) is 19.6. The summed E-state index contributed by atoms with van der Waals surface area (Å²) in [5.41, 5.74) is 1.57. The van der Waals surface area contributed by atoms with Gasteiger partial charge in [-0.25, -0.2) is 8.42 Å². The second-order valence-corrected chi connectivity index (χ2v) is 10.0. The molecule has 1 aliphatic rings. The number of rotatable bonds is 6. The smallest absolute Gasteiger partial charge is 0.264 e. The van der Waals surface area contributed by atoms with E-state index in [1.165, 1.54) is 16.4 Å². The molecule has 1 saturated heterocycles. The number of aryl methyl sites for hydroxylation is 1. The Bertz CT molecular complexity index is 1040. The fourth-order valence-corrected chi connectivity index (χ4v) is 4.96. The Morgan fingerprint density at radius 3 is 2.47 bits per heavy atom. The summed E-state index contributed by atoms with van der Waals surface area (Å²) in [6, 6.07) is 11.7. The van der Waals surface area contributed by atoms with Crippen LogP contribution in [0.4, 0.5) is 5.69 Å². The number of amides is 1. The van der Waals surface area contributed by atoms with E-state index in [4.69, 9.17) is 17.0 Å². The van der Waals surface area contributed by atoms with E-state index < -0.39 is 15.9 Å². The van der Waals surface area contributed by atoms with E-state index in [1.54, 1.807) is 18.2 Å². The second kappa shape index (κ2) is 9.86. The molecule has 3 rings (SSSR count). The fourth-order valence-electron chi connectivity index (χ4n) is 2.97. The molecule has 0 saturated carbocycles. The number of benzene rings is 2. The summed E-state index contributed by atoms with van der Waals surface area (Å²) in [7, 11) is -3.46. The molecule has 0 unspecified atom stereocenters. The number of nitrogens with zero attached hydrogens (tertiary/aromatic N) is 1. The molecule has 30 heavy (non-hydrogen) atoms. The van der Waals surface area contributed by atoms with E-state index in [2.05, 4.69) is 26.6 Å². The van der Waals surface area contributed by atoms with Crippen molar-refractivity contribution < 1.29 is 17.9 Å². The molecule has 1 heterocycles. The number of sulfonamides is 1. The van der Waals surface area contributed by atoms with Crippen LogP contribution in [-0.2, 0) is 14.8 Å². The quantitative estimate of drug-likeness (QED) is 0.577. The van der Waals surface area contributed by atoms with Crippen LogP contribution in [0.15, 0.2) is 51.8 Å². The zero-order valence-electron chi connectivity index (χ0n) is 16.4. The van der Waals surface area contributed by atoms with Gasteiger partial charge in [0.25, 0.3) is 5.91 Å². The Hall–Kier alpha value is -2.01. The molecular weight excluding hydrogens is 490 g/mol. The van der Waals surface area contributed by atoms with Gasteiger partial charge in [0.15, 0.2) is 11.7 Å². The van der Waals surface area contributed by atoms with Crippen molar-refractivity contribution in [2.45, 2.75) is 24.7 Å². The lowest BCUT2D eigenvalue weighted by Gasteiger charge is -2.16. The Morgan fingerprint density at radius 2 is 1.83 bits per heavy atom. The summed E-state index contributed by atoms with van der Waals surface area (Å²) in [6.45, 7) is 2.86. The molecular formula is C20H22BrN3O4S2. The molecule has 1 fully saturated rings. The molecule has 1 aliphatic heterocycles. The molecule has 2 aromatic rings. The molecule has 0 radical (unpaired) electrons. The van der Waals surface area contributed by atoms with Crippen LogP contribution < -0.4 is 15.4 Å². The number of nitrogens with one attached hydrogen (secondary N) is 2. The molecule has 0 aromatic heterocycles. The molecule has 2 aromatic carbocycles. The van der Waals surface area contributed by atoms with Gasteiger partial charge in [0.1, 0.15) is 5.75 Å². The van der Waals surface area contributed by atoms with Crippen LogP contribution >= 0.6 is 28.1 Å². The fraction of sp³-hybridized carbons (Fsp3) is 0.300. The standard InChI is InChI=1S/C20H22BrN3O4S2/c1-14-12-16(6-9-18(14)21)28-13-19(25)23-20(29)22-15-4-7-17(8-5-15)30(26,27)24-10-2-3-11-24/h4-9,12H,2-3,10-11,13H2,1H3,(H2,22,23,25,29). The first-order valence-corrected chi connectivity index (χ1v) is 12.0. The Morgan fingerprint density at radius 1 is 1.17 bits per heavy atom. The van der Waals surface area contributed by atoms with Crippen molar-refractivity contribution in [3.63, 3.8) is 0 Å². The van der Waals surface area contributed by atoms with Crippen molar-refractivity contribution in [1.82, 2.24) is 9.62 Å². The average Bonchev–Trinajstić information content (AvgIpc) is 3.25. The maximum absolute atomic E-state index is 12.5. The van der Waals surface area contributed by atoms with Crippen molar-refractivity contribution in [3.05, 3.63) is 52.5 Å². The molecule has 10 heteroatoms. The molecule has 0 bridgehead atoms. The first-order chi connectivity index (χ1) is 14.3. The molecule has 2 N–H and O–H groups in total. The predicted molar refractivity (Wildman–Crippen MR) is 123 cm³/mol. The van der Waals surface area contributed by atoms with Gasteiger partial charge < -0.3 is 10.1 Å². The lowest BCUT2D eigenvalue weighted by Crippen LogP contribution is -2.37. The minimum Gasteiger partial charge on any atom is -0.484 e. The van der Waals surface area contributed by atoms with Crippen LogP contribution in [0, 0.1) is 6.92 Å². The highest BCUT2D eigenvalue weighted by atomic mass is 79.9. The zero-order chi connectivity index (χ0) is 21.7. The van der Waals surface area contributed by atoms with E-state index in [1.807, 2.05) is 19.1 Å². The number of halogens is 1. The van der Waals surface area contributed by atoms with Crippen molar-refractivity contribution in [1.29, 1.82) is 0 Å². The van der Waals surface area contributed by atoms with Crippen LogP contribution in [0.25, 0.3) is 0 Å². The van der Waals surface area contributed by atoms with Gasteiger partial charge in [-0.15, -0.1) is 0 Å². The first-order valence-electron chi connectivity index (χ1n) is 9.36. The third-order valence-corrected chi connectivity index (χ3v) is 7.57. The van der Waals surface area contributed by atoms with E-state index in [-0.39, 0.29) is 16.6 Å². The highest BCUT2D eigenvalue weighted by Gasteiger charge is 2.26. The largest absolute Gasteiger partial charge is 0.484 e. The Kier molecular flexibility index (Phi) is 7.45. The summed E-state index contributed by atoms with van der Waals surface area (Å²) >= 11 is 8.55. The number of ether oxygens (including phenoxy) is 1. The number of thiocarbonyl (C=S) groups is 1. The van der Waals surface area contributed by atoms with E-state index >= 15 is 0 Å². The lowest BCUT2D eigenvalue weighted by molar-refractivity contribution is -0.121. The SMILES string of the molecule is Cc1cc(OCC(=O)NC(=S)Nc2ccc(S(=O)(=O)N3CCCC3)cc2)ccc1Br. The Labute approximate surface area is 190 Å². The van der Waals surface area contributed by atoms with Crippen LogP contribution in [0.3, 0.4) is 0 Å². The number of anilines is 1. The number of carbonyl (C=O) groups is 1. The van der Waals surface area contributed by atoms with Gasteiger partial charge in [0, 0.05) is 23.2 Å². The van der Waals surface area contributed by atoms with E-state index in [0.29, 0.717) is 24.5 Å². The number of hydrogen-bond acceptors (Lipinski definition) is 5. The molecule has 0 aliphatic carbocycles. The second-order valence-electron chi connectivity index (χ2n) is 6.84. The van der Waals surface area contributed by atoms with Crippen LogP contribution in [0.5, 0.6) is 5.75 Å². The van der Waals surface area contributed by atoms with E-state index in [9.17, 15) is 13.2 Å². The minimum absolute atomic E-state index is 0.103. The molecule has 0 atom stereocenters. The van der Waals surface area contributed by atoms with Crippen LogP contribution in [0.2, 0.25) is 0 Å². The minimum atomic E-state index is -3.46. The first kappa shape index (κ1) is 22.7. The van der Waals surface area contributed by atoms with Gasteiger partial charge >= 0.3 is 0 Å². The molecule has 7 nitrogen and oxygen atoms in total. The highest BCUT2D eigenvalue weighted by Crippen LogP contribution is 2.23. The third kappa shape index (κ3) is 5.78.